The normalized spacial score (nSPS) is 10.3. The predicted molar refractivity (Wildman–Crippen MR) is 79.9 cm³/mol. The summed E-state index contributed by atoms with van der Waals surface area (Å²) in [5.41, 5.74) is 1.93. The van der Waals surface area contributed by atoms with Crippen molar-refractivity contribution in [3.8, 4) is 0 Å². The Morgan fingerprint density at radius 1 is 1.05 bits per heavy atom. The van der Waals surface area contributed by atoms with Crippen LogP contribution in [0.15, 0.2) is 24.5 Å². The van der Waals surface area contributed by atoms with Crippen LogP contribution >= 0.6 is 0 Å². The Bertz CT molecular complexity index is 557. The third-order valence-electron chi connectivity index (χ3n) is 2.91. The molecule has 0 unspecified atom stereocenters. The van der Waals surface area contributed by atoms with Crippen molar-refractivity contribution < 1.29 is 0 Å². The van der Waals surface area contributed by atoms with Crippen LogP contribution in [0.1, 0.15) is 18.3 Å². The lowest BCUT2D eigenvalue weighted by atomic mass is 10.4. The first kappa shape index (κ1) is 14.2. The molecule has 2 aromatic heterocycles. The van der Waals surface area contributed by atoms with Gasteiger partial charge in [0.15, 0.2) is 0 Å². The summed E-state index contributed by atoms with van der Waals surface area (Å²) < 4.78 is 0. The number of rotatable bonds is 6. The Kier molecular flexibility index (Phi) is 4.81. The summed E-state index contributed by atoms with van der Waals surface area (Å²) in [5, 5.41) is 3.22. The van der Waals surface area contributed by atoms with E-state index in [0.717, 1.165) is 37.0 Å². The highest BCUT2D eigenvalue weighted by Gasteiger charge is 2.07. The van der Waals surface area contributed by atoms with Gasteiger partial charge in [0, 0.05) is 43.4 Å². The highest BCUT2D eigenvalue weighted by molar-refractivity contribution is 5.31. The second kappa shape index (κ2) is 6.79. The fourth-order valence-electron chi connectivity index (χ4n) is 1.82. The van der Waals surface area contributed by atoms with Gasteiger partial charge >= 0.3 is 0 Å². The molecule has 2 heterocycles. The Morgan fingerprint density at radius 2 is 1.75 bits per heavy atom. The number of aryl methyl sites for hydroxylation is 2. The molecule has 0 saturated heterocycles. The number of hydrogen-bond acceptors (Lipinski definition) is 6. The van der Waals surface area contributed by atoms with Crippen molar-refractivity contribution in [1.29, 1.82) is 0 Å². The monoisotopic (exact) mass is 272 g/mol. The van der Waals surface area contributed by atoms with Gasteiger partial charge in [0.25, 0.3) is 0 Å². The van der Waals surface area contributed by atoms with Crippen LogP contribution in [-0.4, -0.2) is 39.6 Å². The topological polar surface area (TPSA) is 66.8 Å². The molecule has 0 aliphatic heterocycles. The molecule has 0 aliphatic rings. The van der Waals surface area contributed by atoms with Crippen molar-refractivity contribution in [2.24, 2.45) is 0 Å². The molecule has 0 bridgehead atoms. The molecule has 0 fully saturated rings. The van der Waals surface area contributed by atoms with Gasteiger partial charge in [-0.3, -0.25) is 0 Å². The summed E-state index contributed by atoms with van der Waals surface area (Å²) in [7, 11) is 0. The highest BCUT2D eigenvalue weighted by Crippen LogP contribution is 2.06. The van der Waals surface area contributed by atoms with Crippen LogP contribution in [0.25, 0.3) is 0 Å². The van der Waals surface area contributed by atoms with E-state index in [2.05, 4.69) is 37.1 Å². The summed E-state index contributed by atoms with van der Waals surface area (Å²) in [6.07, 6.45) is 3.54. The van der Waals surface area contributed by atoms with Crippen molar-refractivity contribution >= 4 is 11.9 Å². The minimum absolute atomic E-state index is 0.659. The van der Waals surface area contributed by atoms with Gasteiger partial charge in [-0.2, -0.15) is 0 Å². The summed E-state index contributed by atoms with van der Waals surface area (Å²) >= 11 is 0. The zero-order valence-corrected chi connectivity index (χ0v) is 12.2. The van der Waals surface area contributed by atoms with E-state index in [1.165, 1.54) is 0 Å². The van der Waals surface area contributed by atoms with Crippen LogP contribution in [0.5, 0.6) is 0 Å². The summed E-state index contributed by atoms with van der Waals surface area (Å²) in [6.45, 7) is 8.42. The number of anilines is 2. The number of hydrogen-bond donors (Lipinski definition) is 1. The van der Waals surface area contributed by atoms with Crippen molar-refractivity contribution in [1.82, 2.24) is 19.9 Å². The Labute approximate surface area is 119 Å². The smallest absolute Gasteiger partial charge is 0.225 e. The molecule has 1 N–H and O–H groups in total. The van der Waals surface area contributed by atoms with Crippen LogP contribution in [-0.2, 0) is 0 Å². The fourth-order valence-corrected chi connectivity index (χ4v) is 1.82. The van der Waals surface area contributed by atoms with E-state index in [0.29, 0.717) is 5.95 Å². The number of nitrogens with one attached hydrogen (secondary N) is 1. The maximum Gasteiger partial charge on any atom is 0.225 e. The SMILES string of the molecule is CCN(CCNc1nccc(C)n1)c1nccc(C)n1. The van der Waals surface area contributed by atoms with Gasteiger partial charge in [-0.25, -0.2) is 19.9 Å². The largest absolute Gasteiger partial charge is 0.352 e. The van der Waals surface area contributed by atoms with E-state index in [-0.39, 0.29) is 0 Å². The Balaban J connectivity index is 1.91. The minimum Gasteiger partial charge on any atom is -0.352 e. The van der Waals surface area contributed by atoms with Crippen molar-refractivity contribution in [3.05, 3.63) is 35.9 Å². The van der Waals surface area contributed by atoms with Gasteiger partial charge in [0.2, 0.25) is 11.9 Å². The number of aromatic nitrogens is 4. The van der Waals surface area contributed by atoms with E-state index >= 15 is 0 Å². The second-order valence-electron chi connectivity index (χ2n) is 4.53. The maximum absolute atomic E-state index is 4.44. The first-order chi connectivity index (χ1) is 9.69. The van der Waals surface area contributed by atoms with Gasteiger partial charge in [-0.05, 0) is 32.9 Å². The van der Waals surface area contributed by atoms with Crippen molar-refractivity contribution in [2.75, 3.05) is 29.9 Å². The Hall–Kier alpha value is -2.24. The van der Waals surface area contributed by atoms with E-state index in [4.69, 9.17) is 0 Å². The molecule has 0 amide bonds. The summed E-state index contributed by atoms with van der Waals surface area (Å²) in [5.74, 6) is 1.42. The Morgan fingerprint density at radius 3 is 2.40 bits per heavy atom. The van der Waals surface area contributed by atoms with Gasteiger partial charge < -0.3 is 10.2 Å². The number of likely N-dealkylation sites (N-methyl/N-ethyl adjacent to an activating group) is 1. The number of nitrogens with zero attached hydrogens (tertiary/aromatic N) is 5. The van der Waals surface area contributed by atoms with E-state index < -0.39 is 0 Å². The third-order valence-corrected chi connectivity index (χ3v) is 2.91. The summed E-state index contributed by atoms with van der Waals surface area (Å²) in [6, 6.07) is 3.78. The molecule has 0 atom stereocenters. The molecule has 0 spiro atoms. The molecule has 0 aromatic carbocycles. The first-order valence-electron chi connectivity index (χ1n) is 6.77. The van der Waals surface area contributed by atoms with Gasteiger partial charge in [-0.1, -0.05) is 0 Å². The molecule has 2 rings (SSSR count). The molecule has 0 aliphatic carbocycles. The molecule has 6 heteroatoms. The predicted octanol–water partition coefficient (Wildman–Crippen LogP) is 1.82. The van der Waals surface area contributed by atoms with Crippen LogP contribution < -0.4 is 10.2 Å². The molecule has 6 nitrogen and oxygen atoms in total. The lowest BCUT2D eigenvalue weighted by Gasteiger charge is -2.21. The average molecular weight is 272 g/mol. The fraction of sp³-hybridized carbons (Fsp3) is 0.429. The lowest BCUT2D eigenvalue weighted by Crippen LogP contribution is -2.30. The standard InChI is InChI=1S/C14H20N6/c1-4-20(14-17-8-6-12(3)19-14)10-9-16-13-15-7-5-11(2)18-13/h5-8H,4,9-10H2,1-3H3,(H,15,16,18). The molecule has 0 radical (unpaired) electrons. The molecular weight excluding hydrogens is 252 g/mol. The van der Waals surface area contributed by atoms with Crippen LogP contribution in [0.2, 0.25) is 0 Å². The van der Waals surface area contributed by atoms with Crippen LogP contribution in [0.3, 0.4) is 0 Å². The average Bonchev–Trinajstić information content (AvgIpc) is 2.44. The van der Waals surface area contributed by atoms with Gasteiger partial charge in [0.1, 0.15) is 0 Å². The van der Waals surface area contributed by atoms with Gasteiger partial charge in [0.05, 0.1) is 0 Å². The molecule has 2 aromatic rings. The molecule has 0 saturated carbocycles. The zero-order valence-electron chi connectivity index (χ0n) is 12.2. The third kappa shape index (κ3) is 3.88. The highest BCUT2D eigenvalue weighted by atomic mass is 15.3. The minimum atomic E-state index is 0.659. The summed E-state index contributed by atoms with van der Waals surface area (Å²) in [4.78, 5) is 19.4. The lowest BCUT2D eigenvalue weighted by molar-refractivity contribution is 0.790. The van der Waals surface area contributed by atoms with E-state index in [1.54, 1.807) is 12.4 Å². The molecule has 106 valence electrons. The van der Waals surface area contributed by atoms with Gasteiger partial charge in [-0.15, -0.1) is 0 Å². The second-order valence-corrected chi connectivity index (χ2v) is 4.53. The van der Waals surface area contributed by atoms with E-state index in [1.807, 2.05) is 26.0 Å². The molecular formula is C14H20N6. The van der Waals surface area contributed by atoms with Crippen LogP contribution in [0, 0.1) is 13.8 Å². The first-order valence-corrected chi connectivity index (χ1v) is 6.77. The molecule has 20 heavy (non-hydrogen) atoms. The zero-order chi connectivity index (χ0) is 14.4. The maximum atomic E-state index is 4.44. The van der Waals surface area contributed by atoms with Crippen molar-refractivity contribution in [3.63, 3.8) is 0 Å². The van der Waals surface area contributed by atoms with Crippen LogP contribution in [0.4, 0.5) is 11.9 Å². The van der Waals surface area contributed by atoms with E-state index in [9.17, 15) is 0 Å². The quantitative estimate of drug-likeness (QED) is 0.865. The van der Waals surface area contributed by atoms with Crippen molar-refractivity contribution in [2.45, 2.75) is 20.8 Å².